The summed E-state index contributed by atoms with van der Waals surface area (Å²) in [6.45, 7) is 0. The van der Waals surface area contributed by atoms with Crippen LogP contribution in [0.15, 0.2) is 74.7 Å². The molecule has 0 bridgehead atoms. The van der Waals surface area contributed by atoms with E-state index in [1.54, 1.807) is 7.11 Å². The maximum absolute atomic E-state index is 12.6. The van der Waals surface area contributed by atoms with Gasteiger partial charge in [0.15, 0.2) is 5.82 Å². The number of amides is 2. The fourth-order valence-corrected chi connectivity index (χ4v) is 4.69. The number of aromatic nitrogens is 2. The molecule has 3 unspecified atom stereocenters. The smallest absolute Gasteiger partial charge is 0.276 e. The molecule has 1 aromatic heterocycles. The van der Waals surface area contributed by atoms with Crippen molar-refractivity contribution in [2.45, 2.75) is 50.6 Å². The number of methoxy groups -OCH3 is 1. The van der Waals surface area contributed by atoms with Gasteiger partial charge >= 0.3 is 0 Å². The second-order valence-electron chi connectivity index (χ2n) is 9.08. The van der Waals surface area contributed by atoms with E-state index in [1.165, 1.54) is 0 Å². The third-order valence-electron chi connectivity index (χ3n) is 6.58. The molecule has 1 aromatic carbocycles. The molecule has 3 aliphatic rings. The third kappa shape index (κ3) is 5.42. The lowest BCUT2D eigenvalue weighted by molar-refractivity contribution is -0.122. The van der Waals surface area contributed by atoms with Crippen molar-refractivity contribution < 1.29 is 18.8 Å². The number of aryl methyl sites for hydroxylation is 1. The first-order valence-electron chi connectivity index (χ1n) is 12.2. The summed E-state index contributed by atoms with van der Waals surface area (Å²) in [5.41, 5.74) is 1.66. The number of benzene rings is 1. The minimum absolute atomic E-state index is 0.0461. The molecule has 0 spiro atoms. The molecule has 2 amide bonds. The summed E-state index contributed by atoms with van der Waals surface area (Å²) in [7, 11) is 1.61. The highest BCUT2D eigenvalue weighted by Gasteiger charge is 2.30. The van der Waals surface area contributed by atoms with Crippen molar-refractivity contribution in [3.63, 3.8) is 0 Å². The van der Waals surface area contributed by atoms with Crippen molar-refractivity contribution in [2.75, 3.05) is 7.11 Å². The van der Waals surface area contributed by atoms with Crippen LogP contribution in [-0.2, 0) is 16.0 Å². The van der Waals surface area contributed by atoms with Gasteiger partial charge in [-0.25, -0.2) is 0 Å². The van der Waals surface area contributed by atoms with E-state index in [0.717, 1.165) is 42.6 Å². The van der Waals surface area contributed by atoms with Crippen LogP contribution >= 0.6 is 0 Å². The van der Waals surface area contributed by atoms with E-state index in [1.807, 2.05) is 48.6 Å². The van der Waals surface area contributed by atoms with Gasteiger partial charge in [0.25, 0.3) is 5.91 Å². The molecule has 1 fully saturated rings. The fraction of sp³-hybridized carbons (Fsp3) is 0.385. The van der Waals surface area contributed by atoms with Crippen molar-refractivity contribution in [2.24, 2.45) is 16.1 Å². The first-order valence-corrected chi connectivity index (χ1v) is 12.2. The van der Waals surface area contributed by atoms with Gasteiger partial charge in [0, 0.05) is 36.1 Å². The van der Waals surface area contributed by atoms with Crippen LogP contribution in [0.5, 0.6) is 5.75 Å². The van der Waals surface area contributed by atoms with Crippen molar-refractivity contribution in [1.82, 2.24) is 20.8 Å². The average molecular weight is 489 g/mol. The maximum Gasteiger partial charge on any atom is 0.276 e. The Hall–Kier alpha value is -4.08. The van der Waals surface area contributed by atoms with E-state index in [9.17, 15) is 9.59 Å². The predicted octanol–water partition coefficient (Wildman–Crippen LogP) is 3.64. The average Bonchev–Trinajstić information content (AvgIpc) is 3.39. The number of fused-ring (bicyclic) bond motifs is 1. The van der Waals surface area contributed by atoms with E-state index >= 15 is 0 Å². The Balaban J connectivity index is 1.12. The highest BCUT2D eigenvalue weighted by molar-refractivity contribution is 5.86. The van der Waals surface area contributed by atoms with Gasteiger partial charge in [-0.05, 0) is 49.9 Å². The molecule has 2 aromatic rings. The topological polar surface area (TPSA) is 131 Å². The fourth-order valence-electron chi connectivity index (χ4n) is 4.69. The van der Waals surface area contributed by atoms with E-state index in [4.69, 9.17) is 9.26 Å². The zero-order valence-corrected chi connectivity index (χ0v) is 20.0. The van der Waals surface area contributed by atoms with Crippen LogP contribution in [0.4, 0.5) is 0 Å². The lowest BCUT2D eigenvalue weighted by atomic mass is 9.89. The molecular weight excluding hydrogens is 460 g/mol. The standard InChI is InChI=1S/C26H28N6O4/c1-35-19-11-9-16(10-12-19)24-29-23(36-32-24)14-13-22(33)27-17-5-4-6-18(15-17)28-25-20-7-2-3-8-21(20)26(34)31-30-25/h2-3,7-12,17-18,21,28H,4-6,13-15H2,1H3,(H,27,33). The molecule has 3 atom stereocenters. The normalized spacial score (nSPS) is 22.9. The summed E-state index contributed by atoms with van der Waals surface area (Å²) < 4.78 is 10.5. The highest BCUT2D eigenvalue weighted by Crippen LogP contribution is 2.29. The van der Waals surface area contributed by atoms with Gasteiger partial charge in [-0.15, -0.1) is 10.2 Å². The number of allylic oxidation sites excluding steroid dienone is 3. The SMILES string of the molecule is COc1ccc(-c2noc(CCC(=O)NC3CCCC(NC4=C5C=CC=CC5C(=O)N=N4)C3)n2)cc1. The van der Waals surface area contributed by atoms with Crippen molar-refractivity contribution in [3.05, 3.63) is 65.9 Å². The van der Waals surface area contributed by atoms with Crippen LogP contribution < -0.4 is 15.4 Å². The summed E-state index contributed by atoms with van der Waals surface area (Å²) in [4.78, 5) is 29.0. The number of ether oxygens (including phenoxy) is 1. The lowest BCUT2D eigenvalue weighted by Gasteiger charge is -2.32. The Bertz CT molecular complexity index is 1240. The number of carbonyl (C=O) groups is 2. The summed E-state index contributed by atoms with van der Waals surface area (Å²) in [5.74, 6) is 1.63. The van der Waals surface area contributed by atoms with Gasteiger partial charge in [0.2, 0.25) is 17.6 Å². The molecule has 2 N–H and O–H groups in total. The van der Waals surface area contributed by atoms with Gasteiger partial charge in [-0.3, -0.25) is 9.59 Å². The van der Waals surface area contributed by atoms with E-state index in [2.05, 4.69) is 31.0 Å². The van der Waals surface area contributed by atoms with Gasteiger partial charge < -0.3 is 19.9 Å². The molecule has 0 radical (unpaired) electrons. The molecular formula is C26H28N6O4. The first kappa shape index (κ1) is 23.7. The van der Waals surface area contributed by atoms with Crippen LogP contribution in [0.1, 0.15) is 38.0 Å². The molecule has 1 saturated carbocycles. The number of nitrogens with one attached hydrogen (secondary N) is 2. The van der Waals surface area contributed by atoms with E-state index in [-0.39, 0.29) is 36.2 Å². The van der Waals surface area contributed by atoms with Crippen molar-refractivity contribution in [3.8, 4) is 17.1 Å². The minimum atomic E-state index is -0.371. The highest BCUT2D eigenvalue weighted by atomic mass is 16.5. The third-order valence-corrected chi connectivity index (χ3v) is 6.58. The molecule has 2 aliphatic carbocycles. The van der Waals surface area contributed by atoms with Crippen LogP contribution in [0.25, 0.3) is 11.4 Å². The number of rotatable bonds is 8. The molecule has 10 nitrogen and oxygen atoms in total. The summed E-state index contributed by atoms with van der Waals surface area (Å²) in [6, 6.07) is 7.59. The van der Waals surface area contributed by atoms with Crippen molar-refractivity contribution in [1.29, 1.82) is 0 Å². The molecule has 36 heavy (non-hydrogen) atoms. The largest absolute Gasteiger partial charge is 0.497 e. The number of nitrogens with zero attached hydrogens (tertiary/aromatic N) is 4. The molecule has 186 valence electrons. The number of azo groups is 1. The molecule has 2 heterocycles. The predicted molar refractivity (Wildman–Crippen MR) is 131 cm³/mol. The number of hydrogen-bond donors (Lipinski definition) is 2. The van der Waals surface area contributed by atoms with E-state index < -0.39 is 0 Å². The number of carbonyl (C=O) groups excluding carboxylic acids is 2. The second kappa shape index (κ2) is 10.7. The van der Waals surface area contributed by atoms with Gasteiger partial charge in [0.05, 0.1) is 13.0 Å². The van der Waals surface area contributed by atoms with Crippen molar-refractivity contribution >= 4 is 11.8 Å². The second-order valence-corrected chi connectivity index (χ2v) is 9.08. The van der Waals surface area contributed by atoms with Crippen LogP contribution in [0, 0.1) is 5.92 Å². The summed E-state index contributed by atoms with van der Waals surface area (Å²) >= 11 is 0. The zero-order chi connectivity index (χ0) is 24.9. The van der Waals surface area contributed by atoms with Gasteiger partial charge in [-0.2, -0.15) is 4.98 Å². The monoisotopic (exact) mass is 488 g/mol. The number of hydrogen-bond acceptors (Lipinski definition) is 8. The molecule has 0 saturated heterocycles. The molecule has 10 heteroatoms. The van der Waals surface area contributed by atoms with E-state index in [0.29, 0.717) is 24.0 Å². The Morgan fingerprint density at radius 2 is 1.97 bits per heavy atom. The van der Waals surface area contributed by atoms with Gasteiger partial charge in [-0.1, -0.05) is 29.5 Å². The Kier molecular flexibility index (Phi) is 7.01. The summed E-state index contributed by atoms with van der Waals surface area (Å²) in [6.07, 6.45) is 11.8. The molecule has 5 rings (SSSR count). The van der Waals surface area contributed by atoms with Gasteiger partial charge in [0.1, 0.15) is 5.75 Å². The first-order chi connectivity index (χ1) is 17.6. The van der Waals surface area contributed by atoms with Crippen LogP contribution in [0.3, 0.4) is 0 Å². The lowest BCUT2D eigenvalue weighted by Crippen LogP contribution is -2.44. The quantitative estimate of drug-likeness (QED) is 0.580. The Morgan fingerprint density at radius 3 is 2.81 bits per heavy atom. The molecule has 1 aliphatic heterocycles. The Morgan fingerprint density at radius 1 is 1.14 bits per heavy atom. The summed E-state index contributed by atoms with van der Waals surface area (Å²) in [5, 5.41) is 18.5. The Labute approximate surface area is 208 Å². The maximum atomic E-state index is 12.6. The van der Waals surface area contributed by atoms with Crippen LogP contribution in [-0.4, -0.2) is 41.1 Å². The zero-order valence-electron chi connectivity index (χ0n) is 20.0. The minimum Gasteiger partial charge on any atom is -0.497 e. The van der Waals surface area contributed by atoms with Crippen LogP contribution in [0.2, 0.25) is 0 Å².